The topological polar surface area (TPSA) is 25.8 Å². The summed E-state index contributed by atoms with van der Waals surface area (Å²) >= 11 is 3.68. The molecule has 0 fully saturated rings. The summed E-state index contributed by atoms with van der Waals surface area (Å²) in [6.07, 6.45) is 0. The Morgan fingerprint density at radius 3 is 1.58 bits per heavy atom. The lowest BCUT2D eigenvalue weighted by atomic mass is 9.97. The fourth-order valence-electron chi connectivity index (χ4n) is 7.04. The van der Waals surface area contributed by atoms with Gasteiger partial charge in [0.25, 0.3) is 0 Å². The largest absolute Gasteiger partial charge is 0.228 e. The normalized spacial score (nSPS) is 11.6. The van der Waals surface area contributed by atoms with Crippen LogP contribution in [0.5, 0.6) is 0 Å². The Hall–Kier alpha value is -5.94. The standard InChI is InChI=1S/C46H28N2S2/c1-2-9-29(10-3-1)30-17-21-32(22-18-30)39-28-40(48-46(47-39)34-25-26-43-38(27-34)36-11-4-6-14-41(36)49-43)33-23-19-31(20-24-33)35-13-8-16-44-45(35)37-12-5-7-15-42(37)50-44/h1-28H. The van der Waals surface area contributed by atoms with Crippen LogP contribution in [-0.4, -0.2) is 9.97 Å². The number of benzene rings is 7. The van der Waals surface area contributed by atoms with Crippen LogP contribution in [0.4, 0.5) is 0 Å². The van der Waals surface area contributed by atoms with E-state index in [0.717, 1.165) is 33.9 Å². The summed E-state index contributed by atoms with van der Waals surface area (Å²) in [6.45, 7) is 0. The molecular formula is C46H28N2S2. The van der Waals surface area contributed by atoms with Gasteiger partial charge in [0.05, 0.1) is 11.4 Å². The van der Waals surface area contributed by atoms with Crippen molar-refractivity contribution in [2.45, 2.75) is 0 Å². The highest BCUT2D eigenvalue weighted by Crippen LogP contribution is 2.41. The van der Waals surface area contributed by atoms with Crippen molar-refractivity contribution in [3.63, 3.8) is 0 Å². The lowest BCUT2D eigenvalue weighted by Gasteiger charge is -2.11. The van der Waals surface area contributed by atoms with Crippen LogP contribution in [0.25, 0.3) is 96.5 Å². The Bertz CT molecular complexity index is 2850. The van der Waals surface area contributed by atoms with Crippen molar-refractivity contribution in [3.8, 4) is 56.2 Å². The first-order chi connectivity index (χ1) is 24.7. The van der Waals surface area contributed by atoms with Gasteiger partial charge in [-0.05, 0) is 64.7 Å². The lowest BCUT2D eigenvalue weighted by Crippen LogP contribution is -1.96. The quantitative estimate of drug-likeness (QED) is 0.182. The van der Waals surface area contributed by atoms with Gasteiger partial charge < -0.3 is 0 Å². The van der Waals surface area contributed by atoms with Crippen LogP contribution in [0, 0.1) is 0 Å². The highest BCUT2D eigenvalue weighted by molar-refractivity contribution is 7.26. The van der Waals surface area contributed by atoms with Crippen molar-refractivity contribution in [1.82, 2.24) is 9.97 Å². The molecule has 0 bridgehead atoms. The number of nitrogens with zero attached hydrogens (tertiary/aromatic N) is 2. The van der Waals surface area contributed by atoms with E-state index in [1.807, 2.05) is 22.7 Å². The monoisotopic (exact) mass is 672 g/mol. The van der Waals surface area contributed by atoms with Crippen molar-refractivity contribution in [1.29, 1.82) is 0 Å². The minimum atomic E-state index is 0.723. The van der Waals surface area contributed by atoms with Crippen LogP contribution < -0.4 is 0 Å². The van der Waals surface area contributed by atoms with Crippen molar-refractivity contribution in [2.75, 3.05) is 0 Å². The number of hydrogen-bond donors (Lipinski definition) is 0. The summed E-state index contributed by atoms with van der Waals surface area (Å²) in [5.74, 6) is 0.723. The van der Waals surface area contributed by atoms with E-state index in [4.69, 9.17) is 9.97 Å². The number of hydrogen-bond acceptors (Lipinski definition) is 4. The first kappa shape index (κ1) is 29.0. The maximum Gasteiger partial charge on any atom is 0.160 e. The predicted molar refractivity (Wildman–Crippen MR) is 215 cm³/mol. The third-order valence-corrected chi connectivity index (χ3v) is 11.8. The summed E-state index contributed by atoms with van der Waals surface area (Å²) in [7, 11) is 0. The molecule has 0 aliphatic carbocycles. The SMILES string of the molecule is c1ccc(-c2ccc(-c3cc(-c4ccc(-c5cccc6sc7ccccc7c56)cc4)nc(-c4ccc5sc6ccccc6c5c4)n3)cc2)cc1. The second kappa shape index (κ2) is 11.9. The van der Waals surface area contributed by atoms with Crippen LogP contribution in [0.1, 0.15) is 0 Å². The molecule has 0 aliphatic heterocycles. The maximum atomic E-state index is 5.21. The number of rotatable bonds is 5. The average Bonchev–Trinajstić information content (AvgIpc) is 3.76. The third kappa shape index (κ3) is 5.00. The van der Waals surface area contributed by atoms with Crippen molar-refractivity contribution < 1.29 is 0 Å². The van der Waals surface area contributed by atoms with Gasteiger partial charge in [-0.25, -0.2) is 9.97 Å². The van der Waals surface area contributed by atoms with Gasteiger partial charge in [-0.2, -0.15) is 0 Å². The fraction of sp³-hybridized carbons (Fsp3) is 0. The molecule has 10 aromatic rings. The van der Waals surface area contributed by atoms with Crippen LogP contribution in [-0.2, 0) is 0 Å². The van der Waals surface area contributed by atoms with E-state index in [-0.39, 0.29) is 0 Å². The Morgan fingerprint density at radius 2 is 0.840 bits per heavy atom. The zero-order valence-corrected chi connectivity index (χ0v) is 28.5. The Kier molecular flexibility index (Phi) is 6.90. The second-order valence-electron chi connectivity index (χ2n) is 12.6. The molecule has 3 aromatic heterocycles. The van der Waals surface area contributed by atoms with Gasteiger partial charge in [0.2, 0.25) is 0 Å². The van der Waals surface area contributed by atoms with Crippen molar-refractivity contribution in [2.24, 2.45) is 0 Å². The maximum absolute atomic E-state index is 5.21. The Morgan fingerprint density at radius 1 is 0.320 bits per heavy atom. The summed E-state index contributed by atoms with van der Waals surface area (Å²) < 4.78 is 5.19. The van der Waals surface area contributed by atoms with Gasteiger partial charge in [0.15, 0.2) is 5.82 Å². The first-order valence-corrected chi connectivity index (χ1v) is 18.4. The summed E-state index contributed by atoms with van der Waals surface area (Å²) in [6, 6.07) is 60.8. The van der Waals surface area contributed by atoms with Crippen molar-refractivity contribution in [3.05, 3.63) is 170 Å². The van der Waals surface area contributed by atoms with Gasteiger partial charge in [-0.15, -0.1) is 22.7 Å². The van der Waals surface area contributed by atoms with Gasteiger partial charge in [-0.1, -0.05) is 127 Å². The molecule has 7 aromatic carbocycles. The molecule has 3 heterocycles. The smallest absolute Gasteiger partial charge is 0.160 e. The molecule has 50 heavy (non-hydrogen) atoms. The molecule has 10 rings (SSSR count). The zero-order chi connectivity index (χ0) is 33.0. The summed E-state index contributed by atoms with van der Waals surface area (Å²) in [5.41, 5.74) is 9.77. The van der Waals surface area contributed by atoms with Crippen molar-refractivity contribution >= 4 is 63.0 Å². The average molecular weight is 673 g/mol. The number of fused-ring (bicyclic) bond motifs is 6. The highest BCUT2D eigenvalue weighted by Gasteiger charge is 2.15. The molecule has 234 valence electrons. The fourth-order valence-corrected chi connectivity index (χ4v) is 9.26. The molecule has 0 spiro atoms. The molecule has 0 aliphatic rings. The molecule has 0 radical (unpaired) electrons. The predicted octanol–water partition coefficient (Wildman–Crippen LogP) is 13.5. The molecule has 0 unspecified atom stereocenters. The van der Waals surface area contributed by atoms with E-state index in [1.165, 1.54) is 62.6 Å². The van der Waals surface area contributed by atoms with Crippen LogP contribution >= 0.6 is 22.7 Å². The van der Waals surface area contributed by atoms with Crippen LogP contribution in [0.3, 0.4) is 0 Å². The van der Waals surface area contributed by atoms with Gasteiger partial charge in [0.1, 0.15) is 0 Å². The Labute approximate surface area is 297 Å². The Balaban J connectivity index is 1.10. The summed E-state index contributed by atoms with van der Waals surface area (Å²) in [5, 5.41) is 5.14. The first-order valence-electron chi connectivity index (χ1n) is 16.7. The van der Waals surface area contributed by atoms with Crippen LogP contribution in [0.15, 0.2) is 170 Å². The lowest BCUT2D eigenvalue weighted by molar-refractivity contribution is 1.18. The molecule has 0 N–H and O–H groups in total. The molecular weight excluding hydrogens is 645 g/mol. The van der Waals surface area contributed by atoms with Gasteiger partial charge >= 0.3 is 0 Å². The van der Waals surface area contributed by atoms with Gasteiger partial charge in [0, 0.05) is 57.0 Å². The highest BCUT2D eigenvalue weighted by atomic mass is 32.1. The molecule has 2 nitrogen and oxygen atoms in total. The molecule has 0 atom stereocenters. The van der Waals surface area contributed by atoms with Crippen LogP contribution in [0.2, 0.25) is 0 Å². The number of aromatic nitrogens is 2. The molecule has 0 amide bonds. The second-order valence-corrected chi connectivity index (χ2v) is 14.7. The minimum Gasteiger partial charge on any atom is -0.228 e. The van der Waals surface area contributed by atoms with E-state index in [1.54, 1.807) is 0 Å². The van der Waals surface area contributed by atoms with E-state index in [9.17, 15) is 0 Å². The van der Waals surface area contributed by atoms with E-state index >= 15 is 0 Å². The third-order valence-electron chi connectivity index (χ3n) is 9.54. The van der Waals surface area contributed by atoms with Gasteiger partial charge in [-0.3, -0.25) is 0 Å². The van der Waals surface area contributed by atoms with E-state index in [0.29, 0.717) is 0 Å². The van der Waals surface area contributed by atoms with E-state index in [2.05, 4.69) is 170 Å². The van der Waals surface area contributed by atoms with E-state index < -0.39 is 0 Å². The molecule has 4 heteroatoms. The summed E-state index contributed by atoms with van der Waals surface area (Å²) in [4.78, 5) is 10.4. The zero-order valence-electron chi connectivity index (χ0n) is 26.9. The minimum absolute atomic E-state index is 0.723. The molecule has 0 saturated carbocycles. The number of thiophene rings is 2. The molecule has 0 saturated heterocycles.